The Morgan fingerprint density at radius 2 is 2.06 bits per heavy atom. The van der Waals surface area contributed by atoms with E-state index in [1.807, 2.05) is 0 Å². The van der Waals surface area contributed by atoms with E-state index < -0.39 is 0 Å². The van der Waals surface area contributed by atoms with Gasteiger partial charge in [0.1, 0.15) is 0 Å². The van der Waals surface area contributed by atoms with Crippen LogP contribution in [-0.2, 0) is 4.74 Å². The highest BCUT2D eigenvalue weighted by Gasteiger charge is 2.43. The van der Waals surface area contributed by atoms with Crippen molar-refractivity contribution in [2.75, 3.05) is 6.54 Å². The lowest BCUT2D eigenvalue weighted by Gasteiger charge is -2.29. The molecule has 4 unspecified atom stereocenters. The van der Waals surface area contributed by atoms with Crippen LogP contribution in [0.5, 0.6) is 0 Å². The topological polar surface area (TPSA) is 21.3 Å². The van der Waals surface area contributed by atoms with E-state index in [4.69, 9.17) is 4.74 Å². The van der Waals surface area contributed by atoms with Crippen molar-refractivity contribution in [1.82, 2.24) is 5.32 Å². The Morgan fingerprint density at radius 3 is 2.56 bits per heavy atom. The second kappa shape index (κ2) is 5.50. The first-order valence-electron chi connectivity index (χ1n) is 7.09. The van der Waals surface area contributed by atoms with Gasteiger partial charge in [-0.15, -0.1) is 0 Å². The average Bonchev–Trinajstić information content (AvgIpc) is 2.85. The number of hydrogen-bond acceptors (Lipinski definition) is 2. The lowest BCUT2D eigenvalue weighted by atomic mass is 9.81. The van der Waals surface area contributed by atoms with Gasteiger partial charge in [-0.2, -0.15) is 0 Å². The third kappa shape index (κ3) is 2.78. The lowest BCUT2D eigenvalue weighted by Crippen LogP contribution is -2.40. The van der Waals surface area contributed by atoms with Gasteiger partial charge in [-0.25, -0.2) is 0 Å². The molecule has 2 bridgehead atoms. The molecule has 2 heteroatoms. The molecule has 0 spiro atoms. The van der Waals surface area contributed by atoms with Gasteiger partial charge in [-0.1, -0.05) is 20.8 Å². The van der Waals surface area contributed by atoms with Crippen LogP contribution in [0, 0.1) is 11.8 Å². The summed E-state index contributed by atoms with van der Waals surface area (Å²) in [4.78, 5) is 0. The number of rotatable bonds is 6. The van der Waals surface area contributed by atoms with Crippen molar-refractivity contribution in [3.63, 3.8) is 0 Å². The standard InChI is InChI=1S/C14H27NO/c1-4-15-13(7-5-10(2)3)12-9-11-6-8-14(12)16-11/h10-15H,4-9H2,1-3H3. The molecule has 2 nitrogen and oxygen atoms in total. The Hall–Kier alpha value is -0.0800. The maximum absolute atomic E-state index is 5.98. The third-order valence-electron chi connectivity index (χ3n) is 4.19. The highest BCUT2D eigenvalue weighted by molar-refractivity contribution is 4.95. The van der Waals surface area contributed by atoms with E-state index in [1.54, 1.807) is 0 Å². The predicted molar refractivity (Wildman–Crippen MR) is 67.5 cm³/mol. The van der Waals surface area contributed by atoms with Crippen LogP contribution in [0.1, 0.15) is 52.9 Å². The molecule has 0 amide bonds. The maximum atomic E-state index is 5.98. The second-order valence-electron chi connectivity index (χ2n) is 5.91. The van der Waals surface area contributed by atoms with Gasteiger partial charge in [0.2, 0.25) is 0 Å². The summed E-state index contributed by atoms with van der Waals surface area (Å²) in [5, 5.41) is 3.68. The summed E-state index contributed by atoms with van der Waals surface area (Å²) in [6.45, 7) is 7.95. The van der Waals surface area contributed by atoms with Crippen LogP contribution in [0.4, 0.5) is 0 Å². The quantitative estimate of drug-likeness (QED) is 0.750. The molecular formula is C14H27NO. The summed E-state index contributed by atoms with van der Waals surface area (Å²) in [6, 6.07) is 0.697. The number of fused-ring (bicyclic) bond motifs is 2. The number of hydrogen-bond donors (Lipinski definition) is 1. The minimum atomic E-state index is 0.571. The molecule has 2 fully saturated rings. The predicted octanol–water partition coefficient (Wildman–Crippen LogP) is 2.97. The Balaban J connectivity index is 1.86. The van der Waals surface area contributed by atoms with Crippen LogP contribution < -0.4 is 5.32 Å². The van der Waals surface area contributed by atoms with Gasteiger partial charge in [0.05, 0.1) is 12.2 Å². The van der Waals surface area contributed by atoms with E-state index in [0.29, 0.717) is 18.2 Å². The molecule has 2 aliphatic heterocycles. The summed E-state index contributed by atoms with van der Waals surface area (Å²) < 4.78 is 5.98. The zero-order valence-corrected chi connectivity index (χ0v) is 11.0. The highest BCUT2D eigenvalue weighted by atomic mass is 16.5. The normalized spacial score (nSPS) is 34.9. The van der Waals surface area contributed by atoms with Gasteiger partial charge < -0.3 is 10.1 Å². The summed E-state index contributed by atoms with van der Waals surface area (Å²) in [7, 11) is 0. The number of ether oxygens (including phenoxy) is 1. The molecule has 2 heterocycles. The highest BCUT2D eigenvalue weighted by Crippen LogP contribution is 2.41. The van der Waals surface area contributed by atoms with E-state index in [-0.39, 0.29) is 0 Å². The zero-order valence-electron chi connectivity index (χ0n) is 11.0. The van der Waals surface area contributed by atoms with Crippen LogP contribution in [0.25, 0.3) is 0 Å². The van der Waals surface area contributed by atoms with Gasteiger partial charge in [0.15, 0.2) is 0 Å². The van der Waals surface area contributed by atoms with Crippen molar-refractivity contribution >= 4 is 0 Å². The Bertz CT molecular complexity index is 217. The van der Waals surface area contributed by atoms with Crippen molar-refractivity contribution in [3.8, 4) is 0 Å². The fourth-order valence-corrected chi connectivity index (χ4v) is 3.34. The summed E-state index contributed by atoms with van der Waals surface area (Å²) in [6.07, 6.45) is 7.74. The van der Waals surface area contributed by atoms with Crippen molar-refractivity contribution in [3.05, 3.63) is 0 Å². The van der Waals surface area contributed by atoms with Crippen LogP contribution >= 0.6 is 0 Å². The van der Waals surface area contributed by atoms with Gasteiger partial charge in [0, 0.05) is 12.0 Å². The minimum absolute atomic E-state index is 0.571. The van der Waals surface area contributed by atoms with E-state index >= 15 is 0 Å². The molecule has 2 saturated heterocycles. The molecule has 1 N–H and O–H groups in total. The molecule has 4 atom stereocenters. The smallest absolute Gasteiger partial charge is 0.0623 e. The molecule has 2 rings (SSSR count). The molecule has 0 aliphatic carbocycles. The molecule has 16 heavy (non-hydrogen) atoms. The van der Waals surface area contributed by atoms with E-state index in [9.17, 15) is 0 Å². The van der Waals surface area contributed by atoms with Crippen molar-refractivity contribution in [2.45, 2.75) is 71.1 Å². The van der Waals surface area contributed by atoms with Crippen LogP contribution in [0.3, 0.4) is 0 Å². The average molecular weight is 225 g/mol. The summed E-state index contributed by atoms with van der Waals surface area (Å²) in [5.74, 6) is 1.61. The minimum Gasteiger partial charge on any atom is -0.375 e. The third-order valence-corrected chi connectivity index (χ3v) is 4.19. The maximum Gasteiger partial charge on any atom is 0.0623 e. The van der Waals surface area contributed by atoms with Crippen molar-refractivity contribution in [1.29, 1.82) is 0 Å². The Morgan fingerprint density at radius 1 is 1.25 bits per heavy atom. The van der Waals surface area contributed by atoms with Crippen LogP contribution in [0.15, 0.2) is 0 Å². The summed E-state index contributed by atoms with van der Waals surface area (Å²) in [5.41, 5.74) is 0. The van der Waals surface area contributed by atoms with Crippen LogP contribution in [-0.4, -0.2) is 24.8 Å². The lowest BCUT2D eigenvalue weighted by molar-refractivity contribution is 0.0846. The van der Waals surface area contributed by atoms with Gasteiger partial charge in [-0.3, -0.25) is 0 Å². The fourth-order valence-electron chi connectivity index (χ4n) is 3.34. The van der Waals surface area contributed by atoms with Gasteiger partial charge in [0.25, 0.3) is 0 Å². The second-order valence-corrected chi connectivity index (χ2v) is 5.91. The number of nitrogens with one attached hydrogen (secondary N) is 1. The molecule has 0 aromatic rings. The first-order valence-corrected chi connectivity index (χ1v) is 7.09. The molecule has 2 aliphatic rings. The zero-order chi connectivity index (χ0) is 11.5. The molecule has 0 aromatic carbocycles. The SMILES string of the molecule is CCNC(CCC(C)C)C1CC2CCC1O2. The van der Waals surface area contributed by atoms with E-state index in [2.05, 4.69) is 26.1 Å². The molecular weight excluding hydrogens is 198 g/mol. The van der Waals surface area contributed by atoms with Gasteiger partial charge in [-0.05, 0) is 44.6 Å². The van der Waals surface area contributed by atoms with Crippen molar-refractivity contribution < 1.29 is 4.74 Å². The Labute approximate surface area is 100 Å². The van der Waals surface area contributed by atoms with Crippen LogP contribution in [0.2, 0.25) is 0 Å². The molecule has 94 valence electrons. The first kappa shape index (κ1) is 12.4. The van der Waals surface area contributed by atoms with Gasteiger partial charge >= 0.3 is 0 Å². The summed E-state index contributed by atoms with van der Waals surface area (Å²) >= 11 is 0. The van der Waals surface area contributed by atoms with E-state index in [1.165, 1.54) is 32.1 Å². The monoisotopic (exact) mass is 225 g/mol. The molecule has 0 aromatic heterocycles. The fraction of sp³-hybridized carbons (Fsp3) is 1.00. The van der Waals surface area contributed by atoms with Crippen molar-refractivity contribution in [2.24, 2.45) is 11.8 Å². The largest absolute Gasteiger partial charge is 0.375 e. The molecule has 0 saturated carbocycles. The Kier molecular flexibility index (Phi) is 4.26. The first-order chi connectivity index (χ1) is 7.70. The van der Waals surface area contributed by atoms with E-state index in [0.717, 1.165) is 18.4 Å². The molecule has 0 radical (unpaired) electrons.